The first kappa shape index (κ1) is 14.9. The Labute approximate surface area is 117 Å². The molecule has 0 radical (unpaired) electrons. The topological polar surface area (TPSA) is 24.9 Å². The lowest BCUT2D eigenvalue weighted by atomic mass is 10.1. The molecule has 0 saturated heterocycles. The number of halogens is 4. The quantitative estimate of drug-likeness (QED) is 0.861. The number of alkyl halides is 3. The van der Waals surface area contributed by atoms with Crippen LogP contribution in [0.15, 0.2) is 23.6 Å². The Hall–Kier alpha value is -1.47. The van der Waals surface area contributed by atoms with Crippen LogP contribution < -0.4 is 5.32 Å². The third kappa shape index (κ3) is 3.34. The van der Waals surface area contributed by atoms with Crippen molar-refractivity contribution in [3.8, 4) is 10.6 Å². The van der Waals surface area contributed by atoms with E-state index in [9.17, 15) is 17.6 Å². The number of rotatable bonds is 4. The SMILES string of the molecule is CCNCc1csc(-c2cc(F)ccc2C(F)(F)F)n1. The van der Waals surface area contributed by atoms with E-state index in [1.54, 1.807) is 5.38 Å². The molecule has 7 heteroatoms. The van der Waals surface area contributed by atoms with E-state index >= 15 is 0 Å². The third-order valence-electron chi connectivity index (χ3n) is 2.63. The summed E-state index contributed by atoms with van der Waals surface area (Å²) >= 11 is 1.07. The van der Waals surface area contributed by atoms with Crippen molar-refractivity contribution in [1.82, 2.24) is 10.3 Å². The lowest BCUT2D eigenvalue weighted by Crippen LogP contribution is -2.12. The molecule has 1 aromatic carbocycles. The molecule has 0 amide bonds. The number of aromatic nitrogens is 1. The molecule has 1 aromatic heterocycles. The lowest BCUT2D eigenvalue weighted by molar-refractivity contribution is -0.137. The fourth-order valence-electron chi connectivity index (χ4n) is 1.71. The van der Waals surface area contributed by atoms with Gasteiger partial charge >= 0.3 is 6.18 Å². The highest BCUT2D eigenvalue weighted by atomic mass is 32.1. The highest BCUT2D eigenvalue weighted by Gasteiger charge is 2.34. The number of hydrogen-bond donors (Lipinski definition) is 1. The largest absolute Gasteiger partial charge is 0.417 e. The lowest BCUT2D eigenvalue weighted by Gasteiger charge is -2.11. The van der Waals surface area contributed by atoms with Crippen molar-refractivity contribution < 1.29 is 17.6 Å². The van der Waals surface area contributed by atoms with E-state index in [-0.39, 0.29) is 10.6 Å². The summed E-state index contributed by atoms with van der Waals surface area (Å²) in [6.45, 7) is 3.13. The van der Waals surface area contributed by atoms with Crippen molar-refractivity contribution in [3.63, 3.8) is 0 Å². The van der Waals surface area contributed by atoms with Gasteiger partial charge in [0.15, 0.2) is 0 Å². The maximum atomic E-state index is 13.2. The van der Waals surface area contributed by atoms with E-state index in [1.807, 2.05) is 6.92 Å². The van der Waals surface area contributed by atoms with Crippen LogP contribution in [0.25, 0.3) is 10.6 Å². The monoisotopic (exact) mass is 304 g/mol. The van der Waals surface area contributed by atoms with Gasteiger partial charge in [0.1, 0.15) is 10.8 Å². The number of nitrogens with zero attached hydrogens (tertiary/aromatic N) is 1. The predicted molar refractivity (Wildman–Crippen MR) is 69.9 cm³/mol. The number of nitrogens with one attached hydrogen (secondary N) is 1. The molecule has 1 N–H and O–H groups in total. The summed E-state index contributed by atoms with van der Waals surface area (Å²) in [6.07, 6.45) is -4.53. The van der Waals surface area contributed by atoms with Crippen LogP contribution >= 0.6 is 11.3 Å². The van der Waals surface area contributed by atoms with Crippen molar-refractivity contribution in [3.05, 3.63) is 40.7 Å². The molecule has 20 heavy (non-hydrogen) atoms. The Bertz CT molecular complexity index is 592. The fraction of sp³-hybridized carbons (Fsp3) is 0.308. The van der Waals surface area contributed by atoms with Crippen LogP contribution in [0.4, 0.5) is 17.6 Å². The third-order valence-corrected chi connectivity index (χ3v) is 3.55. The molecule has 0 aliphatic carbocycles. The summed E-state index contributed by atoms with van der Waals surface area (Å²) in [6, 6.07) is 2.42. The summed E-state index contributed by atoms with van der Waals surface area (Å²) in [7, 11) is 0. The zero-order chi connectivity index (χ0) is 14.8. The first-order valence-corrected chi connectivity index (χ1v) is 6.82. The van der Waals surface area contributed by atoms with Crippen molar-refractivity contribution in [1.29, 1.82) is 0 Å². The molecule has 2 aromatic rings. The molecular weight excluding hydrogens is 292 g/mol. The molecular formula is C13H12F4N2S. The van der Waals surface area contributed by atoms with Gasteiger partial charge in [-0.05, 0) is 24.7 Å². The zero-order valence-corrected chi connectivity index (χ0v) is 11.4. The zero-order valence-electron chi connectivity index (χ0n) is 10.6. The van der Waals surface area contributed by atoms with Gasteiger partial charge in [-0.3, -0.25) is 0 Å². The minimum Gasteiger partial charge on any atom is -0.311 e. The van der Waals surface area contributed by atoms with Gasteiger partial charge in [0.05, 0.1) is 11.3 Å². The van der Waals surface area contributed by atoms with Crippen LogP contribution in [0.2, 0.25) is 0 Å². The van der Waals surface area contributed by atoms with Gasteiger partial charge in [-0.15, -0.1) is 11.3 Å². The molecule has 0 atom stereocenters. The average Bonchev–Trinajstić information content (AvgIpc) is 2.83. The molecule has 2 rings (SSSR count). The Kier molecular flexibility index (Phi) is 4.39. The molecule has 108 valence electrons. The molecule has 0 unspecified atom stereocenters. The fourth-order valence-corrected chi connectivity index (χ4v) is 2.56. The van der Waals surface area contributed by atoms with E-state index in [0.717, 1.165) is 36.1 Å². The van der Waals surface area contributed by atoms with Gasteiger partial charge in [0.2, 0.25) is 0 Å². The second kappa shape index (κ2) is 5.88. The Morgan fingerprint density at radius 1 is 1.30 bits per heavy atom. The highest BCUT2D eigenvalue weighted by molar-refractivity contribution is 7.13. The van der Waals surface area contributed by atoms with E-state index in [4.69, 9.17) is 0 Å². The summed E-state index contributed by atoms with van der Waals surface area (Å²) in [5, 5.41) is 4.87. The van der Waals surface area contributed by atoms with E-state index < -0.39 is 17.6 Å². The van der Waals surface area contributed by atoms with Crippen LogP contribution in [-0.2, 0) is 12.7 Å². The smallest absolute Gasteiger partial charge is 0.311 e. The van der Waals surface area contributed by atoms with Gasteiger partial charge < -0.3 is 5.32 Å². The molecule has 0 aliphatic heterocycles. The van der Waals surface area contributed by atoms with Crippen LogP contribution in [0.1, 0.15) is 18.2 Å². The molecule has 0 spiro atoms. The van der Waals surface area contributed by atoms with Crippen LogP contribution in [0.3, 0.4) is 0 Å². The van der Waals surface area contributed by atoms with E-state index in [1.165, 1.54) is 0 Å². The minimum absolute atomic E-state index is 0.171. The Morgan fingerprint density at radius 3 is 2.70 bits per heavy atom. The first-order chi connectivity index (χ1) is 9.41. The maximum absolute atomic E-state index is 13.2. The van der Waals surface area contributed by atoms with Crippen molar-refractivity contribution in [2.45, 2.75) is 19.6 Å². The summed E-state index contributed by atoms with van der Waals surface area (Å²) in [5.74, 6) is -0.712. The summed E-state index contributed by atoms with van der Waals surface area (Å²) in [4.78, 5) is 4.12. The van der Waals surface area contributed by atoms with Gasteiger partial charge in [-0.1, -0.05) is 6.92 Å². The normalized spacial score (nSPS) is 11.8. The maximum Gasteiger partial charge on any atom is 0.417 e. The molecule has 0 aliphatic rings. The molecule has 0 fully saturated rings. The molecule has 2 nitrogen and oxygen atoms in total. The Morgan fingerprint density at radius 2 is 2.05 bits per heavy atom. The van der Waals surface area contributed by atoms with E-state index in [2.05, 4.69) is 10.3 Å². The summed E-state index contributed by atoms with van der Waals surface area (Å²) < 4.78 is 52.0. The number of benzene rings is 1. The Balaban J connectivity index is 2.41. The predicted octanol–water partition coefficient (Wildman–Crippen LogP) is 4.08. The minimum atomic E-state index is -4.53. The van der Waals surface area contributed by atoms with Crippen molar-refractivity contribution in [2.75, 3.05) is 6.54 Å². The second-order valence-corrected chi connectivity index (χ2v) is 4.97. The van der Waals surface area contributed by atoms with Gasteiger partial charge in [0, 0.05) is 17.5 Å². The molecule has 0 bridgehead atoms. The average molecular weight is 304 g/mol. The number of thiazole rings is 1. The van der Waals surface area contributed by atoms with Crippen molar-refractivity contribution >= 4 is 11.3 Å². The molecule has 1 heterocycles. The summed E-state index contributed by atoms with van der Waals surface area (Å²) in [5.41, 5.74) is -0.447. The van der Waals surface area contributed by atoms with Gasteiger partial charge in [-0.2, -0.15) is 13.2 Å². The number of hydrogen-bond acceptors (Lipinski definition) is 3. The highest BCUT2D eigenvalue weighted by Crippen LogP contribution is 2.38. The van der Waals surface area contributed by atoms with E-state index in [0.29, 0.717) is 12.2 Å². The molecule has 0 saturated carbocycles. The first-order valence-electron chi connectivity index (χ1n) is 5.94. The standard InChI is InChI=1S/C13H12F4N2S/c1-2-18-6-9-7-20-12(19-9)10-5-8(14)3-4-11(10)13(15,16)17/h3-5,7,18H,2,6H2,1H3. The second-order valence-electron chi connectivity index (χ2n) is 4.11. The van der Waals surface area contributed by atoms with Crippen molar-refractivity contribution in [2.24, 2.45) is 0 Å². The van der Waals surface area contributed by atoms with Crippen LogP contribution in [-0.4, -0.2) is 11.5 Å². The van der Waals surface area contributed by atoms with Crippen LogP contribution in [0.5, 0.6) is 0 Å². The van der Waals surface area contributed by atoms with Crippen LogP contribution in [0, 0.1) is 5.82 Å². The van der Waals surface area contributed by atoms with Gasteiger partial charge in [-0.25, -0.2) is 9.37 Å². The van der Waals surface area contributed by atoms with Gasteiger partial charge in [0.25, 0.3) is 0 Å².